The van der Waals surface area contributed by atoms with Crippen LogP contribution in [0.25, 0.3) is 0 Å². The van der Waals surface area contributed by atoms with E-state index in [-0.39, 0.29) is 12.0 Å². The van der Waals surface area contributed by atoms with E-state index in [1.807, 2.05) is 0 Å². The van der Waals surface area contributed by atoms with Crippen molar-refractivity contribution in [3.8, 4) is 0 Å². The van der Waals surface area contributed by atoms with Crippen molar-refractivity contribution < 1.29 is 23.1 Å². The summed E-state index contributed by atoms with van der Waals surface area (Å²) < 4.78 is 25.1. The maximum Gasteiger partial charge on any atom is 0.326 e. The number of carboxylic acid groups (broad SMARTS) is 1. The highest BCUT2D eigenvalue weighted by atomic mass is 32.2. The van der Waals surface area contributed by atoms with Crippen molar-refractivity contribution in [3.05, 3.63) is 29.3 Å². The number of hydrogen-bond donors (Lipinski definition) is 2. The van der Waals surface area contributed by atoms with Gasteiger partial charge in [0.25, 0.3) is 5.91 Å². The van der Waals surface area contributed by atoms with Crippen LogP contribution >= 0.6 is 0 Å². The van der Waals surface area contributed by atoms with E-state index in [1.165, 1.54) is 10.4 Å². The van der Waals surface area contributed by atoms with Gasteiger partial charge in [-0.2, -0.15) is 0 Å². The second kappa shape index (κ2) is 6.43. The molecule has 0 aliphatic carbocycles. The molecule has 0 fully saturated rings. The minimum absolute atomic E-state index is 0.212. The Morgan fingerprint density at radius 3 is 2.46 bits per heavy atom. The number of carbonyl (C=O) groups excluding carboxylic acids is 1. The number of nitrogens with one attached hydrogen (secondary N) is 1. The fraction of sp³-hybridized carbons (Fsp3) is 0.500. The minimum Gasteiger partial charge on any atom is -0.480 e. The van der Waals surface area contributed by atoms with E-state index in [0.29, 0.717) is 17.7 Å². The number of benzene rings is 1. The van der Waals surface area contributed by atoms with E-state index in [9.17, 15) is 18.0 Å². The highest BCUT2D eigenvalue weighted by molar-refractivity contribution is 7.92. The summed E-state index contributed by atoms with van der Waals surface area (Å²) in [5, 5.41) is 11.7. The zero-order valence-corrected chi connectivity index (χ0v) is 14.9. The molecular formula is C16H22N2O5S. The lowest BCUT2D eigenvalue weighted by atomic mass is 10.0. The summed E-state index contributed by atoms with van der Waals surface area (Å²) in [6.45, 7) is 5.24. The first kappa shape index (κ1) is 18.3. The lowest BCUT2D eigenvalue weighted by Crippen LogP contribution is -2.44. The first-order valence-electron chi connectivity index (χ1n) is 7.68. The lowest BCUT2D eigenvalue weighted by molar-refractivity contribution is -0.140. The molecule has 2 rings (SSSR count). The first-order chi connectivity index (χ1) is 11.0. The summed E-state index contributed by atoms with van der Waals surface area (Å²) in [5.74, 6) is -1.82. The van der Waals surface area contributed by atoms with Crippen LogP contribution in [0.1, 0.15) is 36.7 Å². The maximum absolute atomic E-state index is 12.3. The van der Waals surface area contributed by atoms with Crippen LogP contribution < -0.4 is 9.62 Å². The van der Waals surface area contributed by atoms with Crippen molar-refractivity contribution in [1.29, 1.82) is 0 Å². The molecule has 0 spiro atoms. The molecule has 0 radical (unpaired) electrons. The Kier molecular flexibility index (Phi) is 4.89. The van der Waals surface area contributed by atoms with Crippen molar-refractivity contribution in [3.63, 3.8) is 0 Å². The molecule has 1 aliphatic heterocycles. The molecule has 1 aromatic rings. The molecule has 1 aromatic carbocycles. The number of aliphatic carboxylic acids is 1. The van der Waals surface area contributed by atoms with Gasteiger partial charge in [-0.15, -0.1) is 0 Å². The minimum atomic E-state index is -3.38. The zero-order chi connectivity index (χ0) is 18.2. The molecule has 8 heteroatoms. The molecule has 2 N–H and O–H groups in total. The van der Waals surface area contributed by atoms with Crippen molar-refractivity contribution in [2.45, 2.75) is 39.3 Å². The predicted octanol–water partition coefficient (Wildman–Crippen LogP) is 1.24. The van der Waals surface area contributed by atoms with Crippen LogP contribution in [0.15, 0.2) is 18.2 Å². The van der Waals surface area contributed by atoms with Gasteiger partial charge >= 0.3 is 5.97 Å². The topological polar surface area (TPSA) is 104 Å². The van der Waals surface area contributed by atoms with Gasteiger partial charge in [0.05, 0.1) is 11.9 Å². The molecule has 0 unspecified atom stereocenters. The average Bonchev–Trinajstić information content (AvgIpc) is 2.78. The number of amides is 1. The molecule has 0 aromatic heterocycles. The Balaban J connectivity index is 2.29. The predicted molar refractivity (Wildman–Crippen MR) is 90.7 cm³/mol. The summed E-state index contributed by atoms with van der Waals surface area (Å²) in [6, 6.07) is 3.56. The molecule has 0 saturated carbocycles. The average molecular weight is 354 g/mol. The molecule has 0 saturated heterocycles. The van der Waals surface area contributed by atoms with Crippen LogP contribution in [-0.2, 0) is 21.2 Å². The third-order valence-electron chi connectivity index (χ3n) is 4.07. The molecule has 24 heavy (non-hydrogen) atoms. The summed E-state index contributed by atoms with van der Waals surface area (Å²) in [6.07, 6.45) is 1.66. The van der Waals surface area contributed by atoms with E-state index >= 15 is 0 Å². The number of carboxylic acids is 1. The molecule has 7 nitrogen and oxygen atoms in total. The number of fused-ring (bicyclic) bond motifs is 1. The molecule has 132 valence electrons. The second-order valence-corrected chi connectivity index (χ2v) is 8.35. The van der Waals surface area contributed by atoms with Gasteiger partial charge in [-0.3, -0.25) is 9.10 Å². The maximum atomic E-state index is 12.3. The quantitative estimate of drug-likeness (QED) is 0.828. The number of hydrogen-bond acceptors (Lipinski definition) is 4. The Hall–Kier alpha value is -2.09. The van der Waals surface area contributed by atoms with Gasteiger partial charge in [-0.1, -0.05) is 13.8 Å². The second-order valence-electron chi connectivity index (χ2n) is 6.49. The molecule has 1 aliphatic rings. The summed E-state index contributed by atoms with van der Waals surface area (Å²) in [7, 11) is -3.38. The van der Waals surface area contributed by atoms with Gasteiger partial charge in [-0.05, 0) is 43.0 Å². The normalized spacial score (nSPS) is 18.4. The van der Waals surface area contributed by atoms with E-state index in [4.69, 9.17) is 5.11 Å². The number of nitrogens with zero attached hydrogens (tertiary/aromatic N) is 1. The van der Waals surface area contributed by atoms with Gasteiger partial charge < -0.3 is 10.4 Å². The van der Waals surface area contributed by atoms with Crippen LogP contribution in [0.5, 0.6) is 0 Å². The van der Waals surface area contributed by atoms with Crippen LogP contribution in [0.3, 0.4) is 0 Å². The highest BCUT2D eigenvalue weighted by Gasteiger charge is 2.33. The SMILES string of the molecule is CC(C)[C@H](NC(=O)c1ccc2c(c1)C[C@@H](C)N2S(C)(=O)=O)C(=O)O. The smallest absolute Gasteiger partial charge is 0.326 e. The van der Waals surface area contributed by atoms with E-state index in [2.05, 4.69) is 5.32 Å². The Morgan fingerprint density at radius 2 is 1.96 bits per heavy atom. The molecule has 1 amide bonds. The van der Waals surface area contributed by atoms with Crippen LogP contribution in [0, 0.1) is 5.92 Å². The number of anilines is 1. The molecular weight excluding hydrogens is 332 g/mol. The summed E-state index contributed by atoms with van der Waals surface area (Å²) in [4.78, 5) is 23.5. The lowest BCUT2D eigenvalue weighted by Gasteiger charge is -2.22. The fourth-order valence-electron chi connectivity index (χ4n) is 2.99. The zero-order valence-electron chi connectivity index (χ0n) is 14.1. The first-order valence-corrected chi connectivity index (χ1v) is 9.53. The monoisotopic (exact) mass is 354 g/mol. The van der Waals surface area contributed by atoms with Crippen LogP contribution in [0.2, 0.25) is 0 Å². The molecule has 2 atom stereocenters. The molecule has 0 bridgehead atoms. The van der Waals surface area contributed by atoms with Gasteiger partial charge in [0.1, 0.15) is 6.04 Å². The highest BCUT2D eigenvalue weighted by Crippen LogP contribution is 2.34. The summed E-state index contributed by atoms with van der Waals surface area (Å²) >= 11 is 0. The Labute approximate surface area is 141 Å². The Bertz CT molecular complexity index is 773. The fourth-order valence-corrected chi connectivity index (χ4v) is 4.25. The standard InChI is InChI=1S/C16H22N2O5S/c1-9(2)14(16(20)21)17-15(19)11-5-6-13-12(8-11)7-10(3)18(13)24(4,22)23/h5-6,8-10,14H,7H2,1-4H3,(H,17,19)(H,20,21)/t10-,14+/m1/s1. The van der Waals surface area contributed by atoms with Crippen molar-refractivity contribution in [2.24, 2.45) is 5.92 Å². The number of sulfonamides is 1. The third kappa shape index (κ3) is 3.53. The van der Waals surface area contributed by atoms with Crippen LogP contribution in [0.4, 0.5) is 5.69 Å². The van der Waals surface area contributed by atoms with E-state index in [1.54, 1.807) is 32.9 Å². The van der Waals surface area contributed by atoms with E-state index in [0.717, 1.165) is 11.8 Å². The van der Waals surface area contributed by atoms with Gasteiger partial charge in [0, 0.05) is 11.6 Å². The van der Waals surface area contributed by atoms with Crippen molar-refractivity contribution in [1.82, 2.24) is 5.32 Å². The van der Waals surface area contributed by atoms with Crippen LogP contribution in [-0.4, -0.2) is 43.7 Å². The Morgan fingerprint density at radius 1 is 1.33 bits per heavy atom. The number of carbonyl (C=O) groups is 2. The molecule has 1 heterocycles. The van der Waals surface area contributed by atoms with Gasteiger partial charge in [0.15, 0.2) is 0 Å². The largest absolute Gasteiger partial charge is 0.480 e. The van der Waals surface area contributed by atoms with Crippen molar-refractivity contribution >= 4 is 27.6 Å². The van der Waals surface area contributed by atoms with Crippen molar-refractivity contribution in [2.75, 3.05) is 10.6 Å². The summed E-state index contributed by atoms with van der Waals surface area (Å²) in [5.41, 5.74) is 1.65. The van der Waals surface area contributed by atoms with Gasteiger partial charge in [0.2, 0.25) is 10.0 Å². The number of rotatable bonds is 5. The third-order valence-corrected chi connectivity index (χ3v) is 5.34. The van der Waals surface area contributed by atoms with Gasteiger partial charge in [-0.25, -0.2) is 13.2 Å². The van der Waals surface area contributed by atoms with E-state index < -0.39 is 27.9 Å².